The molecule has 0 saturated carbocycles. The van der Waals surface area contributed by atoms with Crippen LogP contribution in [0.5, 0.6) is 5.75 Å². The first-order chi connectivity index (χ1) is 8.84. The molecule has 0 saturated heterocycles. The number of hydrogen-bond acceptors (Lipinski definition) is 3. The highest BCUT2D eigenvalue weighted by molar-refractivity contribution is 7.17. The van der Waals surface area contributed by atoms with Crippen molar-refractivity contribution >= 4 is 22.4 Å². The third kappa shape index (κ3) is 2.44. The Hall–Kier alpha value is -1.95. The van der Waals surface area contributed by atoms with Crippen molar-refractivity contribution in [2.75, 3.05) is 5.73 Å². The molecule has 0 aliphatic rings. The molecule has 0 atom stereocenters. The van der Waals surface area contributed by atoms with E-state index in [-0.39, 0.29) is 21.9 Å². The van der Waals surface area contributed by atoms with E-state index in [1.54, 1.807) is 0 Å². The SMILES string of the molecule is C=Cc1sc(N)c(-c2cccc(C(F)(F)F)c2)c1O. The second-order valence-corrected chi connectivity index (χ2v) is 4.92. The van der Waals surface area contributed by atoms with Gasteiger partial charge in [0, 0.05) is 0 Å². The topological polar surface area (TPSA) is 46.2 Å². The number of nitrogen functional groups attached to an aromatic ring is 1. The van der Waals surface area contributed by atoms with Crippen LogP contribution in [0.2, 0.25) is 0 Å². The van der Waals surface area contributed by atoms with Crippen molar-refractivity contribution < 1.29 is 18.3 Å². The highest BCUT2D eigenvalue weighted by Crippen LogP contribution is 2.45. The summed E-state index contributed by atoms with van der Waals surface area (Å²) >= 11 is 1.08. The molecule has 100 valence electrons. The van der Waals surface area contributed by atoms with Crippen LogP contribution in [0.4, 0.5) is 18.2 Å². The smallest absolute Gasteiger partial charge is 0.416 e. The number of aromatic hydroxyl groups is 1. The Morgan fingerprint density at radius 2 is 2.00 bits per heavy atom. The Bertz CT molecular complexity index is 631. The average molecular weight is 285 g/mol. The van der Waals surface area contributed by atoms with Crippen molar-refractivity contribution in [3.05, 3.63) is 41.3 Å². The van der Waals surface area contributed by atoms with Gasteiger partial charge in [-0.15, -0.1) is 11.3 Å². The van der Waals surface area contributed by atoms with Gasteiger partial charge in [-0.1, -0.05) is 18.7 Å². The molecular weight excluding hydrogens is 275 g/mol. The maximum absolute atomic E-state index is 12.6. The van der Waals surface area contributed by atoms with Crippen LogP contribution in [0.15, 0.2) is 30.8 Å². The summed E-state index contributed by atoms with van der Waals surface area (Å²) in [6.07, 6.45) is -3.02. The van der Waals surface area contributed by atoms with Crippen LogP contribution >= 0.6 is 11.3 Å². The van der Waals surface area contributed by atoms with Gasteiger partial charge in [0.1, 0.15) is 5.75 Å². The van der Waals surface area contributed by atoms with E-state index in [9.17, 15) is 18.3 Å². The van der Waals surface area contributed by atoms with Gasteiger partial charge < -0.3 is 10.8 Å². The van der Waals surface area contributed by atoms with E-state index in [2.05, 4.69) is 6.58 Å². The van der Waals surface area contributed by atoms with Crippen molar-refractivity contribution in [1.29, 1.82) is 0 Å². The number of hydrogen-bond donors (Lipinski definition) is 2. The van der Waals surface area contributed by atoms with Crippen LogP contribution in [0, 0.1) is 0 Å². The van der Waals surface area contributed by atoms with Crippen molar-refractivity contribution in [3.63, 3.8) is 0 Å². The minimum atomic E-state index is -4.43. The molecule has 0 fully saturated rings. The summed E-state index contributed by atoms with van der Waals surface area (Å²) in [7, 11) is 0. The predicted molar refractivity (Wildman–Crippen MR) is 70.9 cm³/mol. The third-order valence-electron chi connectivity index (χ3n) is 2.60. The fourth-order valence-corrected chi connectivity index (χ4v) is 2.56. The molecule has 0 aliphatic heterocycles. The largest absolute Gasteiger partial charge is 0.506 e. The van der Waals surface area contributed by atoms with Crippen LogP contribution in [0.25, 0.3) is 17.2 Å². The molecule has 0 bridgehead atoms. The zero-order valence-corrected chi connectivity index (χ0v) is 10.5. The fraction of sp³-hybridized carbons (Fsp3) is 0.0769. The lowest BCUT2D eigenvalue weighted by Crippen LogP contribution is -2.04. The Balaban J connectivity index is 2.60. The van der Waals surface area contributed by atoms with Gasteiger partial charge in [0.05, 0.1) is 21.0 Å². The van der Waals surface area contributed by atoms with E-state index in [0.29, 0.717) is 4.88 Å². The lowest BCUT2D eigenvalue weighted by Gasteiger charge is -2.09. The van der Waals surface area contributed by atoms with Gasteiger partial charge in [-0.05, 0) is 23.8 Å². The normalized spacial score (nSPS) is 11.5. The first kappa shape index (κ1) is 13.5. The number of halogens is 3. The molecule has 0 spiro atoms. The Morgan fingerprint density at radius 3 is 2.53 bits per heavy atom. The molecule has 19 heavy (non-hydrogen) atoms. The van der Waals surface area contributed by atoms with Crippen LogP contribution in [-0.4, -0.2) is 5.11 Å². The number of alkyl halides is 3. The minimum Gasteiger partial charge on any atom is -0.506 e. The molecule has 0 amide bonds. The van der Waals surface area contributed by atoms with Gasteiger partial charge in [-0.3, -0.25) is 0 Å². The summed E-state index contributed by atoms with van der Waals surface area (Å²) in [6.45, 7) is 3.51. The van der Waals surface area contributed by atoms with Gasteiger partial charge in [0.15, 0.2) is 0 Å². The molecule has 1 aromatic heterocycles. The first-order valence-corrected chi connectivity index (χ1v) is 6.07. The zero-order valence-electron chi connectivity index (χ0n) is 9.66. The first-order valence-electron chi connectivity index (χ1n) is 5.26. The van der Waals surface area contributed by atoms with Crippen LogP contribution in [0.3, 0.4) is 0 Å². The summed E-state index contributed by atoms with van der Waals surface area (Å²) in [6, 6.07) is 4.69. The molecule has 0 unspecified atom stereocenters. The van der Waals surface area contributed by atoms with Gasteiger partial charge >= 0.3 is 6.18 Å². The highest BCUT2D eigenvalue weighted by Gasteiger charge is 2.31. The molecule has 2 rings (SSSR count). The Labute approximate surface area is 111 Å². The molecule has 6 heteroatoms. The van der Waals surface area contributed by atoms with E-state index in [1.807, 2.05) is 0 Å². The summed E-state index contributed by atoms with van der Waals surface area (Å²) in [5.74, 6) is -0.142. The van der Waals surface area contributed by atoms with E-state index in [4.69, 9.17) is 5.73 Å². The lowest BCUT2D eigenvalue weighted by atomic mass is 10.0. The molecule has 0 aliphatic carbocycles. The van der Waals surface area contributed by atoms with E-state index < -0.39 is 11.7 Å². The number of thiophene rings is 1. The summed E-state index contributed by atoms with van der Waals surface area (Å²) in [4.78, 5) is 0.435. The number of anilines is 1. The van der Waals surface area contributed by atoms with Crippen LogP contribution in [0.1, 0.15) is 10.4 Å². The molecule has 3 N–H and O–H groups in total. The molecule has 2 nitrogen and oxygen atoms in total. The summed E-state index contributed by atoms with van der Waals surface area (Å²) in [5.41, 5.74) is 5.40. The monoisotopic (exact) mass is 285 g/mol. The fourth-order valence-electron chi connectivity index (χ4n) is 1.73. The summed E-state index contributed by atoms with van der Waals surface area (Å²) < 4.78 is 37.9. The molecule has 0 radical (unpaired) electrons. The molecule has 2 aromatic rings. The standard InChI is InChI=1S/C13H10F3NOS/c1-2-9-11(18)10(12(17)19-9)7-4-3-5-8(6-7)13(14,15)16/h2-6,18H,1,17H2. The Kier molecular flexibility index (Phi) is 3.28. The number of rotatable bonds is 2. The minimum absolute atomic E-state index is 0.142. The van der Waals surface area contributed by atoms with Gasteiger partial charge in [0.2, 0.25) is 0 Å². The van der Waals surface area contributed by atoms with Crippen molar-refractivity contribution in [2.24, 2.45) is 0 Å². The van der Waals surface area contributed by atoms with E-state index >= 15 is 0 Å². The quantitative estimate of drug-likeness (QED) is 0.861. The molecular formula is C13H10F3NOS. The van der Waals surface area contributed by atoms with E-state index in [1.165, 1.54) is 18.2 Å². The third-order valence-corrected chi connectivity index (χ3v) is 3.60. The maximum atomic E-state index is 12.6. The second-order valence-electron chi connectivity index (χ2n) is 3.84. The Morgan fingerprint density at radius 1 is 1.32 bits per heavy atom. The van der Waals surface area contributed by atoms with Crippen LogP contribution in [-0.2, 0) is 6.18 Å². The van der Waals surface area contributed by atoms with Gasteiger partial charge in [-0.2, -0.15) is 13.2 Å². The van der Waals surface area contributed by atoms with Crippen LogP contribution < -0.4 is 5.73 Å². The maximum Gasteiger partial charge on any atom is 0.416 e. The van der Waals surface area contributed by atoms with E-state index in [0.717, 1.165) is 23.5 Å². The summed E-state index contributed by atoms with van der Waals surface area (Å²) in [5, 5.41) is 10.2. The second kappa shape index (κ2) is 4.62. The molecule has 1 aromatic carbocycles. The predicted octanol–water partition coefficient (Wildman–Crippen LogP) is 4.36. The zero-order chi connectivity index (χ0) is 14.2. The lowest BCUT2D eigenvalue weighted by molar-refractivity contribution is -0.137. The van der Waals surface area contributed by atoms with Crippen molar-refractivity contribution in [2.45, 2.75) is 6.18 Å². The van der Waals surface area contributed by atoms with Crippen molar-refractivity contribution in [1.82, 2.24) is 0 Å². The number of benzene rings is 1. The molecule has 1 heterocycles. The highest BCUT2D eigenvalue weighted by atomic mass is 32.1. The number of nitrogens with two attached hydrogens (primary N) is 1. The van der Waals surface area contributed by atoms with Gasteiger partial charge in [0.25, 0.3) is 0 Å². The van der Waals surface area contributed by atoms with Gasteiger partial charge in [-0.25, -0.2) is 0 Å². The average Bonchev–Trinajstić information content (AvgIpc) is 2.63. The van der Waals surface area contributed by atoms with Crippen molar-refractivity contribution in [3.8, 4) is 16.9 Å².